The smallest absolute Gasteiger partial charge is 0.0464 e. The molecule has 3 saturated carbocycles. The van der Waals surface area contributed by atoms with E-state index < -0.39 is 0 Å². The van der Waals surface area contributed by atoms with E-state index >= 15 is 0 Å². The van der Waals surface area contributed by atoms with Gasteiger partial charge in [0.1, 0.15) is 0 Å². The van der Waals surface area contributed by atoms with Gasteiger partial charge in [0, 0.05) is 6.61 Å². The normalized spacial score (nSPS) is 50.0. The summed E-state index contributed by atoms with van der Waals surface area (Å²) in [7, 11) is 0. The number of fused-ring (bicyclic) bond motifs is 2. The zero-order chi connectivity index (χ0) is 8.98. The van der Waals surface area contributed by atoms with Crippen molar-refractivity contribution in [1.82, 2.24) is 0 Å². The molecule has 1 nitrogen and oxygen atoms in total. The fraction of sp³-hybridized carbons (Fsp3) is 1.00. The summed E-state index contributed by atoms with van der Waals surface area (Å²) < 4.78 is 0. The largest absolute Gasteiger partial charge is 0.396 e. The second-order valence-electron chi connectivity index (χ2n) is 5.50. The minimum absolute atomic E-state index is 0.395. The van der Waals surface area contributed by atoms with Crippen LogP contribution in [0.2, 0.25) is 0 Å². The maximum atomic E-state index is 9.28. The molecule has 0 aromatic rings. The summed E-state index contributed by atoms with van der Waals surface area (Å²) in [5, 5.41) is 9.28. The van der Waals surface area contributed by atoms with Crippen molar-refractivity contribution in [2.45, 2.75) is 40.0 Å². The van der Waals surface area contributed by atoms with E-state index in [-0.39, 0.29) is 0 Å². The molecule has 0 saturated heterocycles. The molecule has 70 valence electrons. The summed E-state index contributed by atoms with van der Waals surface area (Å²) in [4.78, 5) is 0. The van der Waals surface area contributed by atoms with Crippen LogP contribution in [0.4, 0.5) is 0 Å². The highest BCUT2D eigenvalue weighted by Gasteiger charge is 2.62. The van der Waals surface area contributed by atoms with E-state index in [1.165, 1.54) is 19.3 Å². The molecule has 3 rings (SSSR count). The molecule has 0 amide bonds. The van der Waals surface area contributed by atoms with Crippen molar-refractivity contribution in [2.75, 3.05) is 6.61 Å². The van der Waals surface area contributed by atoms with Gasteiger partial charge in [-0.1, -0.05) is 20.8 Å². The molecular weight excluding hydrogens is 148 g/mol. The quantitative estimate of drug-likeness (QED) is 0.637. The monoisotopic (exact) mass is 168 g/mol. The lowest BCUT2D eigenvalue weighted by atomic mass is 9.37. The van der Waals surface area contributed by atoms with Crippen LogP contribution >= 0.6 is 0 Å². The maximum absolute atomic E-state index is 9.28. The van der Waals surface area contributed by atoms with Gasteiger partial charge in [0.2, 0.25) is 0 Å². The summed E-state index contributed by atoms with van der Waals surface area (Å²) in [6.45, 7) is 7.52. The second kappa shape index (κ2) is 2.25. The van der Waals surface area contributed by atoms with Crippen molar-refractivity contribution in [3.05, 3.63) is 0 Å². The van der Waals surface area contributed by atoms with E-state index in [1.54, 1.807) is 0 Å². The molecule has 2 bridgehead atoms. The summed E-state index contributed by atoms with van der Waals surface area (Å²) >= 11 is 0. The predicted molar refractivity (Wildman–Crippen MR) is 49.8 cm³/mol. The van der Waals surface area contributed by atoms with Crippen molar-refractivity contribution in [1.29, 1.82) is 0 Å². The number of hydrogen-bond donors (Lipinski definition) is 1. The van der Waals surface area contributed by atoms with Crippen LogP contribution in [-0.4, -0.2) is 11.7 Å². The van der Waals surface area contributed by atoms with Gasteiger partial charge in [-0.3, -0.25) is 0 Å². The SMILES string of the molecule is CC1(C)C2CCC(CO)C1(C)C2. The van der Waals surface area contributed by atoms with Gasteiger partial charge in [-0.25, -0.2) is 0 Å². The Morgan fingerprint density at radius 3 is 2.33 bits per heavy atom. The molecule has 3 aliphatic carbocycles. The van der Waals surface area contributed by atoms with E-state index in [9.17, 15) is 5.11 Å². The van der Waals surface area contributed by atoms with Gasteiger partial charge in [0.15, 0.2) is 0 Å². The molecule has 3 unspecified atom stereocenters. The summed E-state index contributed by atoms with van der Waals surface area (Å²) in [6, 6.07) is 0. The zero-order valence-electron chi connectivity index (χ0n) is 8.43. The summed E-state index contributed by atoms with van der Waals surface area (Å²) in [5.41, 5.74) is 0.920. The molecule has 0 spiro atoms. The Morgan fingerprint density at radius 2 is 1.92 bits per heavy atom. The van der Waals surface area contributed by atoms with Crippen LogP contribution in [0.3, 0.4) is 0 Å². The standard InChI is InChI=1S/C11H20O/c1-10(2)8-4-5-9(7-12)11(10,3)6-8/h8-9,12H,4-7H2,1-3H3. The number of aliphatic hydroxyl groups is 1. The summed E-state index contributed by atoms with van der Waals surface area (Å²) in [6.07, 6.45) is 3.94. The Morgan fingerprint density at radius 1 is 1.25 bits per heavy atom. The van der Waals surface area contributed by atoms with Crippen LogP contribution in [0.5, 0.6) is 0 Å². The van der Waals surface area contributed by atoms with Gasteiger partial charge in [0.05, 0.1) is 0 Å². The maximum Gasteiger partial charge on any atom is 0.0464 e. The van der Waals surface area contributed by atoms with Gasteiger partial charge in [0.25, 0.3) is 0 Å². The van der Waals surface area contributed by atoms with Gasteiger partial charge in [-0.15, -0.1) is 0 Å². The van der Waals surface area contributed by atoms with Crippen molar-refractivity contribution >= 4 is 0 Å². The second-order valence-corrected chi connectivity index (χ2v) is 5.50. The first-order valence-electron chi connectivity index (χ1n) is 5.13. The van der Waals surface area contributed by atoms with E-state index in [4.69, 9.17) is 0 Å². The minimum Gasteiger partial charge on any atom is -0.396 e. The molecule has 12 heavy (non-hydrogen) atoms. The van der Waals surface area contributed by atoms with E-state index in [2.05, 4.69) is 20.8 Å². The zero-order valence-corrected chi connectivity index (χ0v) is 8.43. The molecule has 0 aromatic heterocycles. The van der Waals surface area contributed by atoms with Crippen LogP contribution in [0.1, 0.15) is 40.0 Å². The van der Waals surface area contributed by atoms with Gasteiger partial charge in [-0.2, -0.15) is 0 Å². The molecule has 0 radical (unpaired) electrons. The third kappa shape index (κ3) is 0.736. The number of rotatable bonds is 1. The molecule has 1 heteroatoms. The van der Waals surface area contributed by atoms with Crippen molar-refractivity contribution in [2.24, 2.45) is 22.7 Å². The first kappa shape index (κ1) is 8.55. The van der Waals surface area contributed by atoms with E-state index in [0.29, 0.717) is 23.4 Å². The van der Waals surface area contributed by atoms with Gasteiger partial charge >= 0.3 is 0 Å². The van der Waals surface area contributed by atoms with Crippen LogP contribution in [0.15, 0.2) is 0 Å². The lowest BCUT2D eigenvalue weighted by molar-refractivity contribution is -0.195. The highest BCUT2D eigenvalue weighted by molar-refractivity contribution is 5.11. The number of aliphatic hydroxyl groups excluding tert-OH is 1. The Kier molecular flexibility index (Phi) is 1.61. The Balaban J connectivity index is 2.24. The molecule has 3 fully saturated rings. The third-order valence-corrected chi connectivity index (χ3v) is 5.15. The van der Waals surface area contributed by atoms with Crippen LogP contribution < -0.4 is 0 Å². The van der Waals surface area contributed by atoms with Crippen molar-refractivity contribution in [3.8, 4) is 0 Å². The molecule has 3 aliphatic rings. The molecular formula is C11H20O. The fourth-order valence-corrected chi connectivity index (χ4v) is 3.53. The lowest BCUT2D eigenvalue weighted by Crippen LogP contribution is -2.61. The van der Waals surface area contributed by atoms with E-state index in [1.807, 2.05) is 0 Å². The van der Waals surface area contributed by atoms with Crippen LogP contribution in [0.25, 0.3) is 0 Å². The van der Waals surface area contributed by atoms with Crippen LogP contribution in [0, 0.1) is 22.7 Å². The third-order valence-electron chi connectivity index (χ3n) is 5.15. The average Bonchev–Trinajstić information content (AvgIpc) is 2.04. The predicted octanol–water partition coefficient (Wildman–Crippen LogP) is 2.44. The molecule has 3 atom stereocenters. The first-order chi connectivity index (χ1) is 5.52. The Bertz CT molecular complexity index is 197. The highest BCUT2D eigenvalue weighted by atomic mass is 16.3. The van der Waals surface area contributed by atoms with Crippen molar-refractivity contribution in [3.63, 3.8) is 0 Å². The van der Waals surface area contributed by atoms with Crippen molar-refractivity contribution < 1.29 is 5.11 Å². The minimum atomic E-state index is 0.395. The molecule has 0 heterocycles. The number of hydrogen-bond acceptors (Lipinski definition) is 1. The summed E-state index contributed by atoms with van der Waals surface area (Å²) in [5.74, 6) is 1.50. The molecule has 0 aromatic carbocycles. The highest BCUT2D eigenvalue weighted by Crippen LogP contribution is 2.69. The van der Waals surface area contributed by atoms with Crippen LogP contribution in [-0.2, 0) is 0 Å². The van der Waals surface area contributed by atoms with Gasteiger partial charge in [-0.05, 0) is 41.9 Å². The first-order valence-corrected chi connectivity index (χ1v) is 5.13. The Labute approximate surface area is 75.2 Å². The lowest BCUT2D eigenvalue weighted by Gasteiger charge is -2.67. The molecule has 1 N–H and O–H groups in total. The van der Waals surface area contributed by atoms with Gasteiger partial charge < -0.3 is 5.11 Å². The fourth-order valence-electron chi connectivity index (χ4n) is 3.53. The van der Waals surface area contributed by atoms with E-state index in [0.717, 1.165) is 5.92 Å². The molecule has 0 aliphatic heterocycles. The average molecular weight is 168 g/mol. The topological polar surface area (TPSA) is 20.2 Å². The Hall–Kier alpha value is -0.0400.